The van der Waals surface area contributed by atoms with E-state index in [9.17, 15) is 33.6 Å². The van der Waals surface area contributed by atoms with E-state index in [4.69, 9.17) is 119 Å². The van der Waals surface area contributed by atoms with Crippen LogP contribution in [0.3, 0.4) is 0 Å². The van der Waals surface area contributed by atoms with Crippen molar-refractivity contribution in [1.29, 1.82) is 0 Å². The summed E-state index contributed by atoms with van der Waals surface area (Å²) >= 11 is 41.4. The van der Waals surface area contributed by atoms with Crippen LogP contribution in [-0.4, -0.2) is 193 Å². The Bertz CT molecular complexity index is 7220. The summed E-state index contributed by atoms with van der Waals surface area (Å²) in [6.45, 7) is 18.5. The van der Waals surface area contributed by atoms with E-state index in [0.29, 0.717) is 95.2 Å². The number of esters is 7. The van der Waals surface area contributed by atoms with Crippen LogP contribution in [0, 0.1) is 6.92 Å². The second-order valence-electron chi connectivity index (χ2n) is 31.2. The molecule has 0 aliphatic rings. The standard InChI is InChI=1S/C17H13ClN4O2.C17H12ClN3O2.C15H16ClN3O3.C15H17N3O2.C14H14ClN3O2.C13H12Cl2N4O2.C13H12ClN3O2/c18-14-5-3-4-13(10-14)17-20-12-22(21-17)9-7-16(23)24-11-15-6-1-2-8-19-15;18-14-6-4-5-13(11-14)17-19-12-21(20-17)10-9-16(22)23-15-7-2-1-3-8-15;1-10(2)22-14(20)4-5-19-9-17-15(18-19)11-6-12(16)8-13(7-11)21-3;1-11(2)20-14(19)7-8-18-10-16-15(17-18)13-6-4-5-12(3)9-13;1-10(2)20-13(19)6-7-18-9-16-14(17-18)11-4-3-5-12(15)8-11;1-8(2)21-12(20)3-4-19-7-16-13(18-19)9-5-10(14)17-11(15)6-9;1-2-19-12(18)6-7-17-9-15-13(16-17)10-4-3-5-11(14)8-10/h1-10,12H,11H2;1-12H;4-10H,1-3H3;4-11H,1-3H3;3-10H,1-2H3;3-8H,1-2H3;3-9H,2H2,1H3/b9-7-;10-9-;5-4-;8-7-;7-6-;4-3-;7-6-. The molecular formula is C104H96Cl7N23O15. The number of aryl methyl sites for hydroxylation is 1. The third-order valence-electron chi connectivity index (χ3n) is 17.8. The van der Waals surface area contributed by atoms with E-state index < -0.39 is 41.8 Å². The molecule has 38 nitrogen and oxygen atoms in total. The number of carbonyl (C=O) groups is 7. The van der Waals surface area contributed by atoms with Gasteiger partial charge in [-0.2, -0.15) is 0 Å². The minimum Gasteiger partial charge on any atom is -0.497 e. The summed E-state index contributed by atoms with van der Waals surface area (Å²) in [4.78, 5) is 117. The average Bonchev–Trinajstić information content (AvgIpc) is 1.70. The highest BCUT2D eigenvalue weighted by molar-refractivity contribution is 6.33. The summed E-state index contributed by atoms with van der Waals surface area (Å²) in [7, 11) is 1.56. The Morgan fingerprint density at radius 3 is 0.899 bits per heavy atom. The number of halogens is 7. The first-order valence-corrected chi connectivity index (χ1v) is 47.5. The molecule has 0 bridgehead atoms. The molecule has 7 aromatic carbocycles. The molecule has 0 unspecified atom stereocenters. The van der Waals surface area contributed by atoms with Crippen LogP contribution in [0.4, 0.5) is 0 Å². The van der Waals surface area contributed by atoms with Crippen molar-refractivity contribution in [2.75, 3.05) is 13.7 Å². The minimum absolute atomic E-state index is 0.120. The van der Waals surface area contributed by atoms with Gasteiger partial charge in [-0.15, -0.1) is 35.7 Å². The molecule has 16 rings (SSSR count). The smallest absolute Gasteiger partial charge is 0.337 e. The van der Waals surface area contributed by atoms with Gasteiger partial charge in [0.1, 0.15) is 72.7 Å². The maximum absolute atomic E-state index is 11.7. The number of pyridine rings is 2. The van der Waals surface area contributed by atoms with Crippen LogP contribution >= 0.6 is 81.2 Å². The highest BCUT2D eigenvalue weighted by Crippen LogP contribution is 2.29. The van der Waals surface area contributed by atoms with Crippen LogP contribution < -0.4 is 9.47 Å². The van der Waals surface area contributed by atoms with Crippen LogP contribution in [0.1, 0.15) is 73.6 Å². The van der Waals surface area contributed by atoms with Crippen LogP contribution in [0.15, 0.2) is 293 Å². The van der Waals surface area contributed by atoms with Crippen LogP contribution in [0.5, 0.6) is 11.5 Å². The molecule has 0 aliphatic heterocycles. The summed E-state index contributed by atoms with van der Waals surface area (Å²) in [5, 5.41) is 33.1. The van der Waals surface area contributed by atoms with Gasteiger partial charge >= 0.3 is 41.8 Å². The van der Waals surface area contributed by atoms with Crippen LogP contribution in [0.25, 0.3) is 123 Å². The maximum atomic E-state index is 11.7. The van der Waals surface area contributed by atoms with E-state index in [1.54, 1.807) is 197 Å². The van der Waals surface area contributed by atoms with Crippen LogP contribution in [-0.2, 0) is 68.6 Å². The molecule has 16 aromatic rings. The summed E-state index contributed by atoms with van der Waals surface area (Å²) < 4.78 is 50.1. The topological polar surface area (TPSA) is 434 Å². The summed E-state index contributed by atoms with van der Waals surface area (Å²) in [5.41, 5.74) is 7.37. The van der Waals surface area contributed by atoms with Gasteiger partial charge in [-0.05, 0) is 178 Å². The number of carbonyl (C=O) groups excluding carboxylic acids is 7. The highest BCUT2D eigenvalue weighted by atomic mass is 35.5. The lowest BCUT2D eigenvalue weighted by atomic mass is 10.1. The van der Waals surface area contributed by atoms with E-state index >= 15 is 0 Å². The zero-order valence-corrected chi connectivity index (χ0v) is 86.8. The first-order chi connectivity index (χ1) is 71.6. The van der Waals surface area contributed by atoms with E-state index in [2.05, 4.69) is 80.5 Å². The molecule has 149 heavy (non-hydrogen) atoms. The molecule has 0 aliphatic carbocycles. The van der Waals surface area contributed by atoms with Crippen LogP contribution in [0.2, 0.25) is 35.4 Å². The Kier molecular flexibility index (Phi) is 45.6. The summed E-state index contributed by atoms with van der Waals surface area (Å²) in [5.74, 6) is 1.65. The minimum atomic E-state index is -0.490. The van der Waals surface area contributed by atoms with E-state index in [1.807, 2.05) is 91.9 Å². The molecular weight excluding hydrogens is 2060 g/mol. The molecule has 766 valence electrons. The Morgan fingerprint density at radius 1 is 0.295 bits per heavy atom. The second kappa shape index (κ2) is 59.5. The number of aromatic nitrogens is 23. The fourth-order valence-electron chi connectivity index (χ4n) is 11.6. The monoisotopic (exact) mass is 2150 g/mol. The van der Waals surface area contributed by atoms with Crippen molar-refractivity contribution in [1.82, 2.24) is 113 Å². The molecule has 0 spiro atoms. The highest BCUT2D eigenvalue weighted by Gasteiger charge is 2.16. The van der Waals surface area contributed by atoms with Gasteiger partial charge in [0.25, 0.3) is 0 Å². The molecule has 9 aromatic heterocycles. The molecule has 0 saturated carbocycles. The first kappa shape index (κ1) is 114. The predicted molar refractivity (Wildman–Crippen MR) is 567 cm³/mol. The van der Waals surface area contributed by atoms with Gasteiger partial charge in [0.2, 0.25) is 0 Å². The van der Waals surface area contributed by atoms with Gasteiger partial charge in [-0.3, -0.25) is 4.98 Å². The molecule has 0 amide bonds. The summed E-state index contributed by atoms with van der Waals surface area (Å²) in [6, 6.07) is 59.6. The predicted octanol–water partition coefficient (Wildman–Crippen LogP) is 21.3. The second-order valence-corrected chi connectivity index (χ2v) is 34.2. The lowest BCUT2D eigenvalue weighted by Crippen LogP contribution is -2.08. The van der Waals surface area contributed by atoms with Crippen molar-refractivity contribution in [2.24, 2.45) is 0 Å². The maximum Gasteiger partial charge on any atom is 0.337 e. The van der Waals surface area contributed by atoms with E-state index in [1.165, 1.54) is 157 Å². The zero-order chi connectivity index (χ0) is 107. The van der Waals surface area contributed by atoms with Crippen molar-refractivity contribution < 1.29 is 71.5 Å². The van der Waals surface area contributed by atoms with Gasteiger partial charge < -0.3 is 37.9 Å². The molecule has 0 saturated heterocycles. The van der Waals surface area contributed by atoms with Gasteiger partial charge in [0.15, 0.2) is 40.8 Å². The molecule has 0 fully saturated rings. The zero-order valence-electron chi connectivity index (χ0n) is 81.5. The SMILES string of the molecule is CC(C)OC(=O)/C=C\n1cnc(-c2cc(Cl)nc(Cl)c2)n1.CC(C)OC(=O)/C=C\n1cnc(-c2cccc(Cl)c2)n1.CCOC(=O)/C=C\n1cnc(-c2cccc(Cl)c2)n1.COc1cc(Cl)cc(-c2ncn(/C=C\C(=O)OC(C)C)n2)c1.Cc1cccc(-c2ncn(/C=C\C(=O)OC(C)C)n2)c1.O=C(/C=C\n1cnc(-c2cccc(Cl)c2)n1)OCc1ccccn1.O=C(/C=C\n1cnc(-c2cccc(Cl)c2)n1)Oc1ccccc1. The Labute approximate surface area is 890 Å². The number of hydrogen-bond donors (Lipinski definition) is 0. The molecule has 0 atom stereocenters. The third-order valence-corrected chi connectivity index (χ3v) is 19.4. The van der Waals surface area contributed by atoms with E-state index in [-0.39, 0.29) is 41.3 Å². The van der Waals surface area contributed by atoms with Crippen molar-refractivity contribution in [3.8, 4) is 91.2 Å². The number of para-hydroxylation sites is 1. The lowest BCUT2D eigenvalue weighted by Gasteiger charge is -2.03. The lowest BCUT2D eigenvalue weighted by molar-refractivity contribution is -0.142. The van der Waals surface area contributed by atoms with Crippen molar-refractivity contribution in [3.63, 3.8) is 0 Å². The average molecular weight is 2160 g/mol. The van der Waals surface area contributed by atoms with Gasteiger partial charge in [-0.25, -0.2) is 106 Å². The largest absolute Gasteiger partial charge is 0.497 e. The Balaban J connectivity index is 0.000000178. The molecule has 45 heteroatoms. The van der Waals surface area contributed by atoms with Gasteiger partial charge in [-0.1, -0.05) is 178 Å². The summed E-state index contributed by atoms with van der Waals surface area (Å²) in [6.07, 6.45) is 31.0. The molecule has 9 heterocycles. The molecule has 0 N–H and O–H groups in total. The normalized spacial score (nSPS) is 11.0. The van der Waals surface area contributed by atoms with Crippen molar-refractivity contribution in [3.05, 3.63) is 340 Å². The number of ether oxygens (including phenoxy) is 8. The number of nitrogens with zero attached hydrogens (tertiary/aromatic N) is 23. The van der Waals surface area contributed by atoms with Gasteiger partial charge in [0.05, 0.1) is 43.8 Å². The Morgan fingerprint density at radius 2 is 0.591 bits per heavy atom. The Hall–Kier alpha value is -16.9. The first-order valence-electron chi connectivity index (χ1n) is 44.9. The number of methoxy groups -OCH3 is 1. The van der Waals surface area contributed by atoms with Crippen molar-refractivity contribution in [2.45, 2.75) is 100 Å². The third kappa shape index (κ3) is 41.6. The number of rotatable bonds is 30. The fraction of sp³-hybridized carbons (Fsp3) is 0.163. The number of hydrogen-bond acceptors (Lipinski definition) is 31. The van der Waals surface area contributed by atoms with Crippen molar-refractivity contribution >= 4 is 166 Å². The number of benzene rings is 7. The molecule has 0 radical (unpaired) electrons. The fourth-order valence-corrected chi connectivity index (χ4v) is 13.1. The van der Waals surface area contributed by atoms with E-state index in [0.717, 1.165) is 38.9 Å². The quantitative estimate of drug-likeness (QED) is 0.0133. The van der Waals surface area contributed by atoms with Gasteiger partial charge in [0, 0.05) is 156 Å².